The molecule has 0 saturated carbocycles. The van der Waals surface area contributed by atoms with Crippen molar-refractivity contribution >= 4 is 28.6 Å². The SMILES string of the molecule is COC(=O)CCC(=O)Oc1cc(C=S=O)ccc1OC. The number of carbonyl (C=O) groups excluding carboxylic acids is 2. The summed E-state index contributed by atoms with van der Waals surface area (Å²) < 4.78 is 25.1. The standard InChI is InChI=1S/C13H14O6S/c1-17-10-4-3-9(8-20-16)7-11(10)19-13(15)6-5-12(14)18-2/h3-4,7-8H,5-6H2,1-2H3. The number of methoxy groups -OCH3 is 2. The molecule has 20 heavy (non-hydrogen) atoms. The molecule has 0 radical (unpaired) electrons. The second-order valence-electron chi connectivity index (χ2n) is 3.67. The molecule has 0 aliphatic rings. The predicted molar refractivity (Wildman–Crippen MR) is 73.2 cm³/mol. The number of hydrogen-bond acceptors (Lipinski definition) is 6. The molecule has 0 aromatic heterocycles. The van der Waals surface area contributed by atoms with Gasteiger partial charge in [-0.15, -0.1) is 0 Å². The van der Waals surface area contributed by atoms with Crippen molar-refractivity contribution in [2.45, 2.75) is 12.8 Å². The fraction of sp³-hybridized carbons (Fsp3) is 0.308. The summed E-state index contributed by atoms with van der Waals surface area (Å²) in [6, 6.07) is 4.76. The van der Waals surface area contributed by atoms with Crippen LogP contribution in [-0.4, -0.2) is 35.7 Å². The Bertz CT molecular complexity index is 548. The highest BCUT2D eigenvalue weighted by Crippen LogP contribution is 2.28. The molecule has 0 N–H and O–H groups in total. The van der Waals surface area contributed by atoms with Gasteiger partial charge >= 0.3 is 11.9 Å². The quantitative estimate of drug-likeness (QED) is 0.441. The van der Waals surface area contributed by atoms with Crippen LogP contribution in [0.25, 0.3) is 0 Å². The molecule has 0 spiro atoms. The van der Waals surface area contributed by atoms with E-state index in [9.17, 15) is 13.8 Å². The van der Waals surface area contributed by atoms with E-state index in [-0.39, 0.29) is 18.6 Å². The van der Waals surface area contributed by atoms with Crippen molar-refractivity contribution in [3.63, 3.8) is 0 Å². The lowest BCUT2D eigenvalue weighted by molar-refractivity contribution is -0.144. The number of ether oxygens (including phenoxy) is 3. The van der Waals surface area contributed by atoms with Gasteiger partial charge in [-0.25, -0.2) is 4.21 Å². The lowest BCUT2D eigenvalue weighted by Crippen LogP contribution is -2.12. The first-order chi connectivity index (χ1) is 9.60. The molecule has 1 rings (SSSR count). The summed E-state index contributed by atoms with van der Waals surface area (Å²) in [5.74, 6) is -0.506. The van der Waals surface area contributed by atoms with Gasteiger partial charge in [0.1, 0.15) is 0 Å². The van der Waals surface area contributed by atoms with Crippen LogP contribution in [0.2, 0.25) is 0 Å². The fourth-order valence-corrected chi connectivity index (χ4v) is 1.64. The maximum absolute atomic E-state index is 11.6. The Morgan fingerprint density at radius 3 is 2.45 bits per heavy atom. The third-order valence-electron chi connectivity index (χ3n) is 2.36. The average molecular weight is 298 g/mol. The van der Waals surface area contributed by atoms with E-state index in [1.807, 2.05) is 0 Å². The molecule has 1 aromatic carbocycles. The predicted octanol–water partition coefficient (Wildman–Crippen LogP) is 0.917. The van der Waals surface area contributed by atoms with Crippen LogP contribution in [0.15, 0.2) is 18.2 Å². The average Bonchev–Trinajstić information content (AvgIpc) is 2.45. The van der Waals surface area contributed by atoms with Crippen LogP contribution in [0.3, 0.4) is 0 Å². The minimum Gasteiger partial charge on any atom is -0.493 e. The molecule has 0 atom stereocenters. The smallest absolute Gasteiger partial charge is 0.311 e. The molecule has 0 heterocycles. The van der Waals surface area contributed by atoms with Gasteiger partial charge in [0, 0.05) is 5.37 Å². The number of benzene rings is 1. The number of esters is 2. The zero-order valence-electron chi connectivity index (χ0n) is 11.1. The van der Waals surface area contributed by atoms with Crippen LogP contribution in [-0.2, 0) is 25.6 Å². The van der Waals surface area contributed by atoms with Gasteiger partial charge in [-0.1, -0.05) is 6.07 Å². The summed E-state index contributed by atoms with van der Waals surface area (Å²) in [7, 11) is 2.68. The Kier molecular flexibility index (Phi) is 6.45. The van der Waals surface area contributed by atoms with Crippen molar-refractivity contribution in [1.29, 1.82) is 0 Å². The summed E-state index contributed by atoms with van der Waals surface area (Å²) >= 11 is 0.295. The molecular weight excluding hydrogens is 284 g/mol. The van der Waals surface area contributed by atoms with E-state index in [0.29, 0.717) is 22.6 Å². The molecule has 0 amide bonds. The minimum atomic E-state index is -0.583. The van der Waals surface area contributed by atoms with Gasteiger partial charge in [0.05, 0.1) is 38.3 Å². The van der Waals surface area contributed by atoms with Gasteiger partial charge < -0.3 is 14.2 Å². The molecule has 1 aromatic rings. The molecule has 108 valence electrons. The van der Waals surface area contributed by atoms with E-state index in [1.165, 1.54) is 25.7 Å². The van der Waals surface area contributed by atoms with Gasteiger partial charge in [-0.05, 0) is 17.7 Å². The fourth-order valence-electron chi connectivity index (χ4n) is 1.38. The summed E-state index contributed by atoms with van der Waals surface area (Å²) in [5.41, 5.74) is 0.599. The van der Waals surface area contributed by atoms with E-state index in [4.69, 9.17) is 9.47 Å². The molecule has 0 fully saturated rings. The van der Waals surface area contributed by atoms with Crippen molar-refractivity contribution in [1.82, 2.24) is 0 Å². The summed E-state index contributed by atoms with van der Waals surface area (Å²) in [5, 5.41) is 1.37. The second kappa shape index (κ2) is 8.11. The maximum atomic E-state index is 11.6. The van der Waals surface area contributed by atoms with Crippen LogP contribution in [0.4, 0.5) is 0 Å². The Labute approximate surface area is 119 Å². The van der Waals surface area contributed by atoms with Gasteiger partial charge in [0.25, 0.3) is 0 Å². The van der Waals surface area contributed by atoms with Crippen LogP contribution < -0.4 is 9.47 Å². The van der Waals surface area contributed by atoms with E-state index >= 15 is 0 Å². The molecule has 0 bridgehead atoms. The Hall–Kier alpha value is -2.15. The number of carbonyl (C=O) groups is 2. The zero-order valence-corrected chi connectivity index (χ0v) is 11.9. The first-order valence-electron chi connectivity index (χ1n) is 5.68. The summed E-state index contributed by atoms with van der Waals surface area (Å²) in [6.45, 7) is 0. The Morgan fingerprint density at radius 1 is 1.15 bits per heavy atom. The van der Waals surface area contributed by atoms with Crippen molar-refractivity contribution < 1.29 is 28.0 Å². The van der Waals surface area contributed by atoms with E-state index in [2.05, 4.69) is 4.74 Å². The van der Waals surface area contributed by atoms with Crippen molar-refractivity contribution in [2.24, 2.45) is 0 Å². The van der Waals surface area contributed by atoms with Crippen LogP contribution in [0.5, 0.6) is 11.5 Å². The molecular formula is C13H14O6S. The van der Waals surface area contributed by atoms with E-state index < -0.39 is 11.9 Å². The molecule has 6 nitrogen and oxygen atoms in total. The number of hydrogen-bond donors (Lipinski definition) is 0. The second-order valence-corrected chi connectivity index (χ2v) is 4.10. The summed E-state index contributed by atoms with van der Waals surface area (Å²) in [4.78, 5) is 22.5. The highest BCUT2D eigenvalue weighted by atomic mass is 32.1. The van der Waals surface area contributed by atoms with E-state index in [0.717, 1.165) is 0 Å². The molecule has 0 saturated heterocycles. The van der Waals surface area contributed by atoms with Gasteiger partial charge in [-0.2, -0.15) is 0 Å². The van der Waals surface area contributed by atoms with E-state index in [1.54, 1.807) is 12.1 Å². The normalized spacial score (nSPS) is 9.50. The lowest BCUT2D eigenvalue weighted by Gasteiger charge is -2.09. The van der Waals surface area contributed by atoms with Crippen molar-refractivity contribution in [3.8, 4) is 11.5 Å². The lowest BCUT2D eigenvalue weighted by atomic mass is 10.2. The number of rotatable bonds is 6. The highest BCUT2D eigenvalue weighted by molar-refractivity contribution is 7.65. The molecule has 0 aliphatic carbocycles. The molecule has 7 heteroatoms. The largest absolute Gasteiger partial charge is 0.493 e. The molecule has 0 unspecified atom stereocenters. The van der Waals surface area contributed by atoms with Gasteiger partial charge in [-0.3, -0.25) is 9.59 Å². The van der Waals surface area contributed by atoms with Gasteiger partial charge in [0.2, 0.25) is 0 Å². The molecule has 0 aliphatic heterocycles. The first-order valence-corrected chi connectivity index (χ1v) is 6.48. The third kappa shape index (κ3) is 4.85. The monoisotopic (exact) mass is 298 g/mol. The third-order valence-corrected chi connectivity index (χ3v) is 2.72. The minimum absolute atomic E-state index is 0.0557. The van der Waals surface area contributed by atoms with Crippen LogP contribution >= 0.6 is 0 Å². The van der Waals surface area contributed by atoms with Crippen LogP contribution in [0.1, 0.15) is 18.4 Å². The zero-order chi connectivity index (χ0) is 15.0. The maximum Gasteiger partial charge on any atom is 0.311 e. The van der Waals surface area contributed by atoms with Crippen molar-refractivity contribution in [3.05, 3.63) is 23.8 Å². The highest BCUT2D eigenvalue weighted by Gasteiger charge is 2.12. The first kappa shape index (κ1) is 15.9. The Balaban J connectivity index is 2.78. The summed E-state index contributed by atoms with van der Waals surface area (Å²) in [6.07, 6.45) is -0.153. The Morgan fingerprint density at radius 2 is 1.85 bits per heavy atom. The van der Waals surface area contributed by atoms with Gasteiger partial charge in [0.15, 0.2) is 11.5 Å². The van der Waals surface area contributed by atoms with Crippen molar-refractivity contribution in [2.75, 3.05) is 14.2 Å². The van der Waals surface area contributed by atoms with Crippen LogP contribution in [0, 0.1) is 0 Å². The topological polar surface area (TPSA) is 78.9 Å².